The number of carbonyl (C=O) groups is 2. The molecule has 0 aliphatic carbocycles. The second kappa shape index (κ2) is 13.2. The fourth-order valence-electron chi connectivity index (χ4n) is 4.95. The Balaban J connectivity index is 0.00000181. The highest BCUT2D eigenvalue weighted by atomic mass is 19.1. The lowest BCUT2D eigenvalue weighted by atomic mass is 10.0. The molecule has 1 aromatic heterocycles. The molecule has 1 N–H and O–H groups in total. The van der Waals surface area contributed by atoms with Gasteiger partial charge in [-0.05, 0) is 42.7 Å². The Morgan fingerprint density at radius 2 is 1.57 bits per heavy atom. The van der Waals surface area contributed by atoms with Crippen LogP contribution in [0.5, 0.6) is 0 Å². The van der Waals surface area contributed by atoms with Gasteiger partial charge in [0.1, 0.15) is 5.82 Å². The molecule has 0 atom stereocenters. The number of aryl methyl sites for hydroxylation is 2. The van der Waals surface area contributed by atoms with Crippen LogP contribution in [0.1, 0.15) is 53.0 Å². The molecule has 1 aliphatic rings. The molecule has 0 spiro atoms. The van der Waals surface area contributed by atoms with Crippen LogP contribution in [0.15, 0.2) is 71.5 Å². The number of nitrogens with one attached hydrogen (secondary N) is 1. The zero-order valence-corrected chi connectivity index (χ0v) is 23.2. The minimum atomic E-state index is -0.588. The molecule has 0 radical (unpaired) electrons. The van der Waals surface area contributed by atoms with Gasteiger partial charge in [0.05, 0.1) is 16.6 Å². The number of rotatable bonds is 6. The van der Waals surface area contributed by atoms with Crippen LogP contribution in [-0.2, 0) is 17.6 Å². The molecule has 4 aromatic rings. The normalized spacial score (nSPS) is 13.1. The lowest BCUT2D eigenvalue weighted by Crippen LogP contribution is -2.50. The first-order valence-corrected chi connectivity index (χ1v) is 13.8. The fourth-order valence-corrected chi connectivity index (χ4v) is 4.95. The van der Waals surface area contributed by atoms with Crippen LogP contribution < -0.4 is 5.56 Å². The van der Waals surface area contributed by atoms with Gasteiger partial charge in [-0.25, -0.2) is 9.49 Å². The van der Waals surface area contributed by atoms with E-state index in [0.717, 1.165) is 10.9 Å². The first-order valence-electron chi connectivity index (χ1n) is 13.8. The van der Waals surface area contributed by atoms with Gasteiger partial charge in [-0.15, -0.1) is 0 Å². The van der Waals surface area contributed by atoms with Gasteiger partial charge in [0.25, 0.3) is 11.5 Å². The summed E-state index contributed by atoms with van der Waals surface area (Å²) in [5, 5.41) is 7.95. The second-order valence-corrected chi connectivity index (χ2v) is 9.70. The van der Waals surface area contributed by atoms with E-state index in [0.29, 0.717) is 62.1 Å². The van der Waals surface area contributed by atoms with E-state index < -0.39 is 11.7 Å². The third-order valence-electron chi connectivity index (χ3n) is 7.04. The van der Waals surface area contributed by atoms with Crippen molar-refractivity contribution in [3.05, 3.63) is 111 Å². The molecule has 2 amide bonds. The third kappa shape index (κ3) is 6.62. The van der Waals surface area contributed by atoms with Gasteiger partial charge in [0, 0.05) is 44.4 Å². The maximum absolute atomic E-state index is 14.7. The van der Waals surface area contributed by atoms with E-state index in [4.69, 9.17) is 0 Å². The first-order chi connectivity index (χ1) is 19.4. The lowest BCUT2D eigenvalue weighted by molar-refractivity contribution is -0.132. The molecular formula is C32H35FN4O3. The van der Waals surface area contributed by atoms with E-state index in [1.165, 1.54) is 11.6 Å². The summed E-state index contributed by atoms with van der Waals surface area (Å²) in [7, 11) is 0. The number of hydrogen-bond acceptors (Lipinski definition) is 4. The molecule has 1 aliphatic heterocycles. The molecule has 0 unspecified atom stereocenters. The predicted octanol–water partition coefficient (Wildman–Crippen LogP) is 4.90. The zero-order chi connectivity index (χ0) is 28.6. The third-order valence-corrected chi connectivity index (χ3v) is 7.04. The summed E-state index contributed by atoms with van der Waals surface area (Å²) in [6, 6.07) is 19.8. The van der Waals surface area contributed by atoms with Gasteiger partial charge < -0.3 is 9.80 Å². The number of carbonyl (C=O) groups excluding carboxylic acids is 2. The topological polar surface area (TPSA) is 86.4 Å². The smallest absolute Gasteiger partial charge is 0.272 e. The number of nitrogens with zero attached hydrogens (tertiary/aromatic N) is 3. The SMILES string of the molecule is CC.Cc1cccc(CCC(=O)N2CCN(C(=O)c3cc(Cc4n[nH]c(=O)c5ccccc45)ccc3F)CC2)c1. The van der Waals surface area contributed by atoms with Crippen molar-refractivity contribution in [1.29, 1.82) is 0 Å². The van der Waals surface area contributed by atoms with Gasteiger partial charge in [-0.2, -0.15) is 5.10 Å². The number of hydrogen-bond donors (Lipinski definition) is 1. The number of halogens is 1. The predicted molar refractivity (Wildman–Crippen MR) is 155 cm³/mol. The van der Waals surface area contributed by atoms with Crippen molar-refractivity contribution in [1.82, 2.24) is 20.0 Å². The monoisotopic (exact) mass is 542 g/mol. The van der Waals surface area contributed by atoms with Gasteiger partial charge in [-0.1, -0.05) is 67.9 Å². The molecule has 2 heterocycles. The van der Waals surface area contributed by atoms with Gasteiger partial charge in [0.2, 0.25) is 5.91 Å². The Labute approximate surface area is 233 Å². The summed E-state index contributed by atoms with van der Waals surface area (Å²) in [5.41, 5.74) is 3.38. The quantitative estimate of drug-likeness (QED) is 0.375. The van der Waals surface area contributed by atoms with Gasteiger partial charge >= 0.3 is 0 Å². The number of benzene rings is 3. The summed E-state index contributed by atoms with van der Waals surface area (Å²) >= 11 is 0. The van der Waals surface area contributed by atoms with E-state index in [1.807, 2.05) is 51.1 Å². The van der Waals surface area contributed by atoms with Crippen molar-refractivity contribution < 1.29 is 14.0 Å². The van der Waals surface area contributed by atoms with Crippen molar-refractivity contribution in [2.75, 3.05) is 26.2 Å². The Morgan fingerprint density at radius 3 is 2.30 bits per heavy atom. The Kier molecular flexibility index (Phi) is 9.43. The van der Waals surface area contributed by atoms with Crippen molar-refractivity contribution in [2.45, 2.75) is 40.0 Å². The number of fused-ring (bicyclic) bond motifs is 1. The molecule has 1 fully saturated rings. The van der Waals surface area contributed by atoms with E-state index >= 15 is 0 Å². The van der Waals surface area contributed by atoms with Crippen LogP contribution in [0.25, 0.3) is 10.8 Å². The largest absolute Gasteiger partial charge is 0.339 e. The fraction of sp³-hybridized carbons (Fsp3) is 0.312. The molecule has 7 nitrogen and oxygen atoms in total. The number of H-pyrrole nitrogens is 1. The first kappa shape index (κ1) is 28.7. The van der Waals surface area contributed by atoms with Crippen LogP contribution in [0.2, 0.25) is 0 Å². The summed E-state index contributed by atoms with van der Waals surface area (Å²) in [6.45, 7) is 7.58. The highest BCUT2D eigenvalue weighted by Crippen LogP contribution is 2.20. The molecule has 0 bridgehead atoms. The maximum Gasteiger partial charge on any atom is 0.272 e. The van der Waals surface area contributed by atoms with Crippen molar-refractivity contribution >= 4 is 22.6 Å². The standard InChI is InChI=1S/C30H29FN4O3.C2H6/c1-20-5-4-6-21(17-20)10-12-28(36)34-13-15-35(16-14-34)30(38)25-18-22(9-11-26(25)31)19-27-23-7-2-3-8-24(23)29(37)33-32-27;1-2/h2-9,11,17-18H,10,12-16,19H2,1H3,(H,33,37);1-2H3. The lowest BCUT2D eigenvalue weighted by Gasteiger charge is -2.35. The summed E-state index contributed by atoms with van der Waals surface area (Å²) in [4.78, 5) is 41.4. The van der Waals surface area contributed by atoms with Crippen LogP contribution in [-0.4, -0.2) is 58.0 Å². The van der Waals surface area contributed by atoms with E-state index in [2.05, 4.69) is 16.3 Å². The second-order valence-electron chi connectivity index (χ2n) is 9.70. The summed E-state index contributed by atoms with van der Waals surface area (Å²) in [5.74, 6) is -0.919. The molecule has 5 rings (SSSR count). The average Bonchev–Trinajstić information content (AvgIpc) is 2.99. The molecular weight excluding hydrogens is 507 g/mol. The molecule has 1 saturated heterocycles. The van der Waals surface area contributed by atoms with E-state index in [9.17, 15) is 18.8 Å². The molecule has 3 aromatic carbocycles. The Bertz CT molecular complexity index is 1560. The van der Waals surface area contributed by atoms with Crippen molar-refractivity contribution in [3.63, 3.8) is 0 Å². The zero-order valence-electron chi connectivity index (χ0n) is 23.2. The van der Waals surface area contributed by atoms with E-state index in [1.54, 1.807) is 34.1 Å². The van der Waals surface area contributed by atoms with Gasteiger partial charge in [0.15, 0.2) is 0 Å². The summed E-state index contributed by atoms with van der Waals surface area (Å²) < 4.78 is 14.7. The maximum atomic E-state index is 14.7. The molecule has 8 heteroatoms. The molecule has 208 valence electrons. The van der Waals surface area contributed by atoms with Crippen LogP contribution in [0, 0.1) is 12.7 Å². The van der Waals surface area contributed by atoms with Crippen molar-refractivity contribution in [2.24, 2.45) is 0 Å². The minimum Gasteiger partial charge on any atom is -0.339 e. The van der Waals surface area contributed by atoms with Crippen LogP contribution in [0.3, 0.4) is 0 Å². The van der Waals surface area contributed by atoms with E-state index in [-0.39, 0.29) is 17.0 Å². The number of piperazine rings is 1. The highest BCUT2D eigenvalue weighted by molar-refractivity contribution is 5.95. The molecule has 0 saturated carbocycles. The minimum absolute atomic E-state index is 0.00421. The van der Waals surface area contributed by atoms with Crippen molar-refractivity contribution in [3.8, 4) is 0 Å². The Morgan fingerprint density at radius 1 is 0.875 bits per heavy atom. The highest BCUT2D eigenvalue weighted by Gasteiger charge is 2.26. The number of aromatic nitrogens is 2. The van der Waals surface area contributed by atoms with Crippen LogP contribution in [0.4, 0.5) is 4.39 Å². The summed E-state index contributed by atoms with van der Waals surface area (Å²) in [6.07, 6.45) is 1.43. The van der Waals surface area contributed by atoms with Crippen LogP contribution >= 0.6 is 0 Å². The average molecular weight is 543 g/mol. The number of amides is 2. The number of aromatic amines is 1. The van der Waals surface area contributed by atoms with Gasteiger partial charge in [-0.3, -0.25) is 14.4 Å². The molecule has 40 heavy (non-hydrogen) atoms. The Hall–Kier alpha value is -4.33.